The molecule has 0 unspecified atom stereocenters. The van der Waals surface area contributed by atoms with Crippen molar-refractivity contribution in [1.82, 2.24) is 9.55 Å². The normalized spacial score (nSPS) is 11.2. The molecule has 0 amide bonds. The first kappa shape index (κ1) is 12.9. The SMILES string of the molecule is CSCCCn1c(=S)[nH]c2cc(Cl)c(F)cc21. The van der Waals surface area contributed by atoms with Crippen LogP contribution in [0.3, 0.4) is 0 Å². The minimum absolute atomic E-state index is 0.116. The van der Waals surface area contributed by atoms with Gasteiger partial charge in [-0.05, 0) is 36.7 Å². The molecule has 1 aromatic heterocycles. The Morgan fingerprint density at radius 3 is 3.00 bits per heavy atom. The van der Waals surface area contributed by atoms with E-state index < -0.39 is 5.82 Å². The van der Waals surface area contributed by atoms with Crippen LogP contribution in [0, 0.1) is 10.6 Å². The van der Waals surface area contributed by atoms with Gasteiger partial charge in [0.2, 0.25) is 0 Å². The molecule has 1 heterocycles. The molecule has 1 aromatic carbocycles. The first-order valence-corrected chi connectivity index (χ1v) is 7.38. The van der Waals surface area contributed by atoms with Crippen LogP contribution in [0.5, 0.6) is 0 Å². The lowest BCUT2D eigenvalue weighted by Gasteiger charge is -2.04. The van der Waals surface area contributed by atoms with Crippen molar-refractivity contribution in [2.24, 2.45) is 0 Å². The summed E-state index contributed by atoms with van der Waals surface area (Å²) in [5.74, 6) is 0.650. The van der Waals surface area contributed by atoms with E-state index in [1.165, 1.54) is 6.07 Å². The summed E-state index contributed by atoms with van der Waals surface area (Å²) >= 11 is 12.7. The van der Waals surface area contributed by atoms with Gasteiger partial charge in [-0.1, -0.05) is 11.6 Å². The van der Waals surface area contributed by atoms with Gasteiger partial charge in [-0.3, -0.25) is 0 Å². The maximum atomic E-state index is 13.4. The van der Waals surface area contributed by atoms with Crippen molar-refractivity contribution in [2.75, 3.05) is 12.0 Å². The van der Waals surface area contributed by atoms with Gasteiger partial charge in [0.05, 0.1) is 16.1 Å². The van der Waals surface area contributed by atoms with Gasteiger partial charge in [0, 0.05) is 12.6 Å². The van der Waals surface area contributed by atoms with Crippen molar-refractivity contribution in [3.63, 3.8) is 0 Å². The van der Waals surface area contributed by atoms with Crippen LogP contribution in [-0.2, 0) is 6.54 Å². The number of benzene rings is 1. The Morgan fingerprint density at radius 1 is 1.53 bits per heavy atom. The molecule has 2 aromatic rings. The van der Waals surface area contributed by atoms with E-state index in [4.69, 9.17) is 23.8 Å². The lowest BCUT2D eigenvalue weighted by atomic mass is 10.3. The van der Waals surface area contributed by atoms with Crippen LogP contribution in [0.1, 0.15) is 6.42 Å². The summed E-state index contributed by atoms with van der Waals surface area (Å²) in [6.45, 7) is 0.792. The number of thioether (sulfide) groups is 1. The van der Waals surface area contributed by atoms with E-state index in [2.05, 4.69) is 11.2 Å². The number of aromatic nitrogens is 2. The molecule has 0 radical (unpaired) electrons. The molecule has 0 atom stereocenters. The summed E-state index contributed by atoms with van der Waals surface area (Å²) < 4.78 is 16.0. The molecule has 0 saturated heterocycles. The molecule has 0 aliphatic heterocycles. The van der Waals surface area contributed by atoms with Gasteiger partial charge < -0.3 is 9.55 Å². The molecule has 2 nitrogen and oxygen atoms in total. The van der Waals surface area contributed by atoms with Crippen LogP contribution in [0.2, 0.25) is 5.02 Å². The third-order valence-electron chi connectivity index (χ3n) is 2.55. The number of aromatic amines is 1. The number of imidazole rings is 1. The summed E-state index contributed by atoms with van der Waals surface area (Å²) in [4.78, 5) is 3.04. The number of halogens is 2. The maximum absolute atomic E-state index is 13.4. The quantitative estimate of drug-likeness (QED) is 0.671. The maximum Gasteiger partial charge on any atom is 0.178 e. The zero-order valence-corrected chi connectivity index (χ0v) is 11.7. The predicted octanol–water partition coefficient (Wildman–Crippen LogP) is 4.24. The monoisotopic (exact) mass is 290 g/mol. The Bertz CT molecular complexity index is 591. The van der Waals surface area contributed by atoms with Gasteiger partial charge in [0.1, 0.15) is 5.82 Å². The Balaban J connectivity index is 2.44. The largest absolute Gasteiger partial charge is 0.331 e. The molecule has 1 N–H and O–H groups in total. The van der Waals surface area contributed by atoms with Crippen molar-refractivity contribution in [3.8, 4) is 0 Å². The van der Waals surface area contributed by atoms with Gasteiger partial charge in [0.25, 0.3) is 0 Å². The fraction of sp³-hybridized carbons (Fsp3) is 0.364. The molecular weight excluding hydrogens is 279 g/mol. The molecule has 17 heavy (non-hydrogen) atoms. The van der Waals surface area contributed by atoms with Crippen molar-refractivity contribution < 1.29 is 4.39 Å². The number of fused-ring (bicyclic) bond motifs is 1. The second kappa shape index (κ2) is 5.42. The number of rotatable bonds is 4. The van der Waals surface area contributed by atoms with Crippen LogP contribution in [0.4, 0.5) is 4.39 Å². The van der Waals surface area contributed by atoms with E-state index in [1.807, 2.05) is 4.57 Å². The predicted molar refractivity (Wildman–Crippen MR) is 75.1 cm³/mol. The fourth-order valence-corrected chi connectivity index (χ4v) is 2.62. The lowest BCUT2D eigenvalue weighted by Crippen LogP contribution is -1.99. The van der Waals surface area contributed by atoms with E-state index in [1.54, 1.807) is 17.8 Å². The van der Waals surface area contributed by atoms with Crippen LogP contribution in [0.15, 0.2) is 12.1 Å². The Hall–Kier alpha value is -0.520. The molecular formula is C11H12ClFN2S2. The molecule has 0 fully saturated rings. The zero-order valence-electron chi connectivity index (χ0n) is 9.30. The highest BCUT2D eigenvalue weighted by molar-refractivity contribution is 7.98. The minimum Gasteiger partial charge on any atom is -0.331 e. The van der Waals surface area contributed by atoms with Crippen LogP contribution >= 0.6 is 35.6 Å². The topological polar surface area (TPSA) is 20.7 Å². The average molecular weight is 291 g/mol. The van der Waals surface area contributed by atoms with E-state index in [-0.39, 0.29) is 5.02 Å². The Labute approximate surface area is 113 Å². The van der Waals surface area contributed by atoms with Gasteiger partial charge in [-0.15, -0.1) is 0 Å². The Kier molecular flexibility index (Phi) is 4.12. The second-order valence-corrected chi connectivity index (χ2v) is 5.49. The number of hydrogen-bond donors (Lipinski definition) is 1. The smallest absolute Gasteiger partial charge is 0.178 e. The number of H-pyrrole nitrogens is 1. The molecule has 6 heteroatoms. The van der Waals surface area contributed by atoms with E-state index in [0.717, 1.165) is 29.8 Å². The van der Waals surface area contributed by atoms with Crippen molar-refractivity contribution >= 4 is 46.6 Å². The summed E-state index contributed by atoms with van der Waals surface area (Å²) in [5.41, 5.74) is 1.56. The number of nitrogens with zero attached hydrogens (tertiary/aromatic N) is 1. The van der Waals surface area contributed by atoms with Gasteiger partial charge in [-0.25, -0.2) is 4.39 Å². The van der Waals surface area contributed by atoms with E-state index in [0.29, 0.717) is 4.77 Å². The third kappa shape index (κ3) is 2.67. The van der Waals surface area contributed by atoms with Crippen molar-refractivity contribution in [3.05, 3.63) is 27.7 Å². The first-order chi connectivity index (χ1) is 8.13. The third-order valence-corrected chi connectivity index (χ3v) is 3.86. The summed E-state index contributed by atoms with van der Waals surface area (Å²) in [6.07, 6.45) is 3.07. The van der Waals surface area contributed by atoms with Crippen LogP contribution < -0.4 is 0 Å². The average Bonchev–Trinajstić information content (AvgIpc) is 2.57. The Morgan fingerprint density at radius 2 is 2.29 bits per heavy atom. The number of hydrogen-bond acceptors (Lipinski definition) is 2. The molecule has 0 bridgehead atoms. The van der Waals surface area contributed by atoms with Crippen LogP contribution in [-0.4, -0.2) is 21.6 Å². The molecule has 0 aliphatic carbocycles. The lowest BCUT2D eigenvalue weighted by molar-refractivity contribution is 0.627. The van der Waals surface area contributed by atoms with Gasteiger partial charge >= 0.3 is 0 Å². The summed E-state index contributed by atoms with van der Waals surface area (Å²) in [5, 5.41) is 0.116. The molecule has 2 rings (SSSR count). The van der Waals surface area contributed by atoms with Crippen LogP contribution in [0.25, 0.3) is 11.0 Å². The molecule has 92 valence electrons. The standard InChI is InChI=1S/C11H12ClFN2S2/c1-17-4-2-3-15-10-6-8(13)7(12)5-9(10)14-11(15)16/h5-6H,2-4H2,1H3,(H,14,16). The van der Waals surface area contributed by atoms with Crippen molar-refractivity contribution in [1.29, 1.82) is 0 Å². The van der Waals surface area contributed by atoms with Gasteiger partial charge in [-0.2, -0.15) is 11.8 Å². The molecule has 0 aliphatic rings. The van der Waals surface area contributed by atoms with E-state index >= 15 is 0 Å². The highest BCUT2D eigenvalue weighted by Gasteiger charge is 2.08. The number of nitrogens with one attached hydrogen (secondary N) is 1. The molecule has 0 saturated carbocycles. The number of aryl methyl sites for hydroxylation is 1. The minimum atomic E-state index is -0.410. The highest BCUT2D eigenvalue weighted by atomic mass is 35.5. The summed E-state index contributed by atoms with van der Waals surface area (Å²) in [6, 6.07) is 3.01. The van der Waals surface area contributed by atoms with Crippen molar-refractivity contribution in [2.45, 2.75) is 13.0 Å². The van der Waals surface area contributed by atoms with E-state index in [9.17, 15) is 4.39 Å². The zero-order chi connectivity index (χ0) is 12.4. The summed E-state index contributed by atoms with van der Waals surface area (Å²) in [7, 11) is 0. The second-order valence-electron chi connectivity index (χ2n) is 3.71. The fourth-order valence-electron chi connectivity index (χ4n) is 1.74. The van der Waals surface area contributed by atoms with Gasteiger partial charge in [0.15, 0.2) is 4.77 Å². The molecule has 0 spiro atoms. The first-order valence-electron chi connectivity index (χ1n) is 5.20. The highest BCUT2D eigenvalue weighted by Crippen LogP contribution is 2.23.